The first-order valence-electron chi connectivity index (χ1n) is 8.12. The molecule has 1 atom stereocenters. The number of amides is 1. The van der Waals surface area contributed by atoms with Crippen LogP contribution in [-0.4, -0.2) is 29.3 Å². The van der Waals surface area contributed by atoms with E-state index in [0.29, 0.717) is 31.3 Å². The molecule has 4 rings (SSSR count). The third kappa shape index (κ3) is 3.62. The predicted molar refractivity (Wildman–Crippen MR) is 94.4 cm³/mol. The number of hydrogen-bond donors (Lipinski definition) is 1. The lowest BCUT2D eigenvalue weighted by Crippen LogP contribution is -2.23. The maximum atomic E-state index is 12.3. The van der Waals surface area contributed by atoms with Gasteiger partial charge < -0.3 is 14.6 Å². The van der Waals surface area contributed by atoms with Gasteiger partial charge in [-0.1, -0.05) is 29.4 Å². The Morgan fingerprint density at radius 3 is 3.00 bits per heavy atom. The van der Waals surface area contributed by atoms with E-state index in [1.807, 2.05) is 41.8 Å². The summed E-state index contributed by atoms with van der Waals surface area (Å²) in [6, 6.07) is 11.6. The third-order valence-electron chi connectivity index (χ3n) is 4.13. The van der Waals surface area contributed by atoms with Crippen LogP contribution in [-0.2, 0) is 16.0 Å². The summed E-state index contributed by atoms with van der Waals surface area (Å²) in [5.74, 6) is 1.03. The molecule has 6 nitrogen and oxygen atoms in total. The molecule has 3 heterocycles. The number of para-hydroxylation sites is 1. The van der Waals surface area contributed by atoms with Crippen molar-refractivity contribution < 1.29 is 14.1 Å². The van der Waals surface area contributed by atoms with Gasteiger partial charge in [-0.25, -0.2) is 0 Å². The van der Waals surface area contributed by atoms with Crippen LogP contribution in [0.1, 0.15) is 17.9 Å². The summed E-state index contributed by atoms with van der Waals surface area (Å²) in [6.45, 7) is 1.13. The van der Waals surface area contributed by atoms with E-state index in [1.165, 1.54) is 0 Å². The van der Waals surface area contributed by atoms with Gasteiger partial charge in [0, 0.05) is 12.3 Å². The molecule has 2 aromatic heterocycles. The molecular weight excluding hydrogens is 338 g/mol. The lowest BCUT2D eigenvalue weighted by atomic mass is 10.1. The summed E-state index contributed by atoms with van der Waals surface area (Å²) in [6.07, 6.45) is 1.23. The first-order chi connectivity index (χ1) is 12.3. The van der Waals surface area contributed by atoms with Gasteiger partial charge in [-0.05, 0) is 29.5 Å². The molecule has 1 N–H and O–H groups in total. The van der Waals surface area contributed by atoms with Crippen LogP contribution >= 0.6 is 11.3 Å². The van der Waals surface area contributed by atoms with Gasteiger partial charge >= 0.3 is 0 Å². The highest BCUT2D eigenvalue weighted by molar-refractivity contribution is 7.13. The van der Waals surface area contributed by atoms with E-state index in [9.17, 15) is 4.79 Å². The first-order valence-corrected chi connectivity index (χ1v) is 9.00. The second-order valence-corrected chi connectivity index (χ2v) is 6.82. The zero-order valence-electron chi connectivity index (χ0n) is 13.5. The van der Waals surface area contributed by atoms with Crippen molar-refractivity contribution >= 4 is 22.9 Å². The maximum absolute atomic E-state index is 12.3. The quantitative estimate of drug-likeness (QED) is 0.759. The Morgan fingerprint density at radius 2 is 2.20 bits per heavy atom. The SMILES string of the molecule is O=C(Nc1ccccc1Cc1nc(-c2cccs2)no1)C1CCOC1. The average molecular weight is 355 g/mol. The van der Waals surface area contributed by atoms with Crippen LogP contribution in [0, 0.1) is 5.92 Å². The van der Waals surface area contributed by atoms with Crippen molar-refractivity contribution in [2.45, 2.75) is 12.8 Å². The van der Waals surface area contributed by atoms with E-state index in [1.54, 1.807) is 11.3 Å². The van der Waals surface area contributed by atoms with E-state index >= 15 is 0 Å². The second kappa shape index (κ2) is 7.16. The van der Waals surface area contributed by atoms with Crippen LogP contribution in [0.25, 0.3) is 10.7 Å². The Bertz CT molecular complexity index is 854. The van der Waals surface area contributed by atoms with Crippen molar-refractivity contribution in [2.75, 3.05) is 18.5 Å². The largest absolute Gasteiger partial charge is 0.381 e. The number of carbonyl (C=O) groups is 1. The number of ether oxygens (including phenoxy) is 1. The van der Waals surface area contributed by atoms with Crippen molar-refractivity contribution in [2.24, 2.45) is 5.92 Å². The monoisotopic (exact) mass is 355 g/mol. The Hall–Kier alpha value is -2.51. The first kappa shape index (κ1) is 16.0. The highest BCUT2D eigenvalue weighted by Gasteiger charge is 2.24. The van der Waals surface area contributed by atoms with Gasteiger partial charge in [0.2, 0.25) is 17.6 Å². The second-order valence-electron chi connectivity index (χ2n) is 5.87. The molecule has 0 aliphatic carbocycles. The van der Waals surface area contributed by atoms with Crippen LogP contribution in [0.2, 0.25) is 0 Å². The molecule has 1 aliphatic heterocycles. The van der Waals surface area contributed by atoms with Gasteiger partial charge in [-0.3, -0.25) is 4.79 Å². The van der Waals surface area contributed by atoms with E-state index < -0.39 is 0 Å². The smallest absolute Gasteiger partial charge is 0.231 e. The van der Waals surface area contributed by atoms with E-state index in [0.717, 1.165) is 22.5 Å². The Kier molecular flexibility index (Phi) is 4.58. The van der Waals surface area contributed by atoms with Gasteiger partial charge in [0.05, 0.1) is 23.8 Å². The molecule has 3 aromatic rings. The van der Waals surface area contributed by atoms with Crippen LogP contribution in [0.5, 0.6) is 0 Å². The van der Waals surface area contributed by atoms with E-state index in [4.69, 9.17) is 9.26 Å². The number of nitrogens with one attached hydrogen (secondary N) is 1. The molecule has 0 spiro atoms. The summed E-state index contributed by atoms with van der Waals surface area (Å²) in [5, 5.41) is 9.00. The molecule has 1 aliphatic rings. The number of thiophene rings is 1. The van der Waals surface area contributed by atoms with Gasteiger partial charge in [-0.15, -0.1) is 11.3 Å². The Labute approximate surface area is 148 Å². The topological polar surface area (TPSA) is 77.3 Å². The normalized spacial score (nSPS) is 16.9. The number of hydrogen-bond acceptors (Lipinski definition) is 6. The van der Waals surface area contributed by atoms with Gasteiger partial charge in [0.15, 0.2) is 0 Å². The molecule has 0 radical (unpaired) electrons. The third-order valence-corrected chi connectivity index (χ3v) is 4.99. The van der Waals surface area contributed by atoms with E-state index in [-0.39, 0.29) is 11.8 Å². The Morgan fingerprint density at radius 1 is 1.28 bits per heavy atom. The minimum atomic E-state index is -0.0816. The lowest BCUT2D eigenvalue weighted by Gasteiger charge is -2.12. The van der Waals surface area contributed by atoms with Crippen molar-refractivity contribution in [3.8, 4) is 10.7 Å². The fraction of sp³-hybridized carbons (Fsp3) is 0.278. The molecule has 1 saturated heterocycles. The molecular formula is C18H17N3O3S. The molecule has 1 fully saturated rings. The van der Waals surface area contributed by atoms with Crippen molar-refractivity contribution in [3.05, 3.63) is 53.2 Å². The van der Waals surface area contributed by atoms with Crippen molar-refractivity contribution in [3.63, 3.8) is 0 Å². The molecule has 1 aromatic carbocycles. The van der Waals surface area contributed by atoms with E-state index in [2.05, 4.69) is 15.5 Å². The Balaban J connectivity index is 1.50. The molecule has 1 amide bonds. The summed E-state index contributed by atoms with van der Waals surface area (Å²) in [7, 11) is 0. The molecule has 0 saturated carbocycles. The van der Waals surface area contributed by atoms with Crippen molar-refractivity contribution in [1.29, 1.82) is 0 Å². The van der Waals surface area contributed by atoms with Crippen LogP contribution in [0.3, 0.4) is 0 Å². The van der Waals surface area contributed by atoms with Gasteiger partial charge in [-0.2, -0.15) is 4.98 Å². The fourth-order valence-corrected chi connectivity index (χ4v) is 3.42. The number of aromatic nitrogens is 2. The minimum Gasteiger partial charge on any atom is -0.381 e. The number of carbonyl (C=O) groups excluding carboxylic acids is 1. The summed E-state index contributed by atoms with van der Waals surface area (Å²) < 4.78 is 10.7. The average Bonchev–Trinajstić information content (AvgIpc) is 3.38. The molecule has 0 bridgehead atoms. The lowest BCUT2D eigenvalue weighted by molar-refractivity contribution is -0.119. The molecule has 25 heavy (non-hydrogen) atoms. The number of nitrogens with zero attached hydrogens (tertiary/aromatic N) is 2. The zero-order chi connectivity index (χ0) is 17.1. The predicted octanol–water partition coefficient (Wildman–Crippen LogP) is 3.36. The molecule has 128 valence electrons. The maximum Gasteiger partial charge on any atom is 0.231 e. The summed E-state index contributed by atoms with van der Waals surface area (Å²) in [4.78, 5) is 17.8. The van der Waals surface area contributed by atoms with Crippen LogP contribution in [0.4, 0.5) is 5.69 Å². The van der Waals surface area contributed by atoms with Gasteiger partial charge in [0.1, 0.15) is 0 Å². The number of rotatable bonds is 5. The minimum absolute atomic E-state index is 0.00486. The summed E-state index contributed by atoms with van der Waals surface area (Å²) in [5.41, 5.74) is 1.71. The summed E-state index contributed by atoms with van der Waals surface area (Å²) >= 11 is 1.57. The highest BCUT2D eigenvalue weighted by Crippen LogP contribution is 2.24. The molecule has 1 unspecified atom stereocenters. The number of benzene rings is 1. The zero-order valence-corrected chi connectivity index (χ0v) is 14.3. The molecule has 7 heteroatoms. The fourth-order valence-electron chi connectivity index (χ4n) is 2.77. The highest BCUT2D eigenvalue weighted by atomic mass is 32.1. The number of anilines is 1. The van der Waals surface area contributed by atoms with Gasteiger partial charge in [0.25, 0.3) is 0 Å². The van der Waals surface area contributed by atoms with Crippen LogP contribution in [0.15, 0.2) is 46.3 Å². The van der Waals surface area contributed by atoms with Crippen molar-refractivity contribution in [1.82, 2.24) is 10.1 Å². The van der Waals surface area contributed by atoms with Crippen LogP contribution < -0.4 is 5.32 Å². The standard InChI is InChI=1S/C18H17N3O3S/c22-18(13-7-8-23-11-13)19-14-5-2-1-4-12(14)10-16-20-17(21-24-16)15-6-3-9-25-15/h1-6,9,13H,7-8,10-11H2,(H,19,22).